The van der Waals surface area contributed by atoms with Crippen LogP contribution in [0.2, 0.25) is 0 Å². The average molecular weight is 426 g/mol. The number of methoxy groups -OCH3 is 1. The lowest BCUT2D eigenvalue weighted by molar-refractivity contribution is 0.0595. The molecule has 0 aliphatic carbocycles. The van der Waals surface area contributed by atoms with E-state index in [2.05, 4.69) is 9.97 Å². The summed E-state index contributed by atoms with van der Waals surface area (Å²) in [6.07, 6.45) is 1.64. The van der Waals surface area contributed by atoms with Crippen LogP contribution < -0.4 is 9.47 Å². The molecular weight excluding hydrogens is 406 g/mol. The third-order valence-electron chi connectivity index (χ3n) is 5.05. The van der Waals surface area contributed by atoms with Gasteiger partial charge in [-0.05, 0) is 24.3 Å². The second-order valence-electron chi connectivity index (χ2n) is 6.91. The summed E-state index contributed by atoms with van der Waals surface area (Å²) in [6.45, 7) is 1.33. The average Bonchev–Trinajstić information content (AvgIpc) is 3.36. The van der Waals surface area contributed by atoms with Crippen molar-refractivity contribution in [2.24, 2.45) is 0 Å². The molecule has 0 unspecified atom stereocenters. The van der Waals surface area contributed by atoms with Crippen molar-refractivity contribution in [2.45, 2.75) is 18.9 Å². The summed E-state index contributed by atoms with van der Waals surface area (Å²) in [7, 11) is 1.65. The SMILES string of the molecule is COc1ccc2sc(OC3CCN(C(=O)c4nc5ccccc5s4)CC3)nc2c1. The molecule has 5 rings (SSSR count). The van der Waals surface area contributed by atoms with Crippen LogP contribution in [0.5, 0.6) is 10.9 Å². The maximum absolute atomic E-state index is 12.8. The molecule has 4 aromatic rings. The maximum Gasteiger partial charge on any atom is 0.282 e. The highest BCUT2D eigenvalue weighted by atomic mass is 32.1. The van der Waals surface area contributed by atoms with Crippen LogP contribution in [0.1, 0.15) is 22.6 Å². The minimum absolute atomic E-state index is 0.0109. The van der Waals surface area contributed by atoms with Gasteiger partial charge in [0.2, 0.25) is 0 Å². The van der Waals surface area contributed by atoms with Gasteiger partial charge >= 0.3 is 0 Å². The van der Waals surface area contributed by atoms with E-state index in [0.29, 0.717) is 23.3 Å². The quantitative estimate of drug-likeness (QED) is 0.478. The van der Waals surface area contributed by atoms with E-state index >= 15 is 0 Å². The Hall–Kier alpha value is -2.71. The Kier molecular flexibility index (Phi) is 4.81. The first-order valence-corrected chi connectivity index (χ1v) is 11.1. The van der Waals surface area contributed by atoms with Gasteiger partial charge in [0.25, 0.3) is 11.1 Å². The van der Waals surface area contributed by atoms with Crippen LogP contribution in [-0.2, 0) is 0 Å². The van der Waals surface area contributed by atoms with Crippen molar-refractivity contribution < 1.29 is 14.3 Å². The molecule has 0 saturated carbocycles. The number of piperidine rings is 1. The summed E-state index contributed by atoms with van der Waals surface area (Å²) < 4.78 is 13.5. The highest BCUT2D eigenvalue weighted by molar-refractivity contribution is 7.20. The first-order chi connectivity index (χ1) is 14.2. The van der Waals surface area contributed by atoms with Crippen LogP contribution in [0, 0.1) is 0 Å². The van der Waals surface area contributed by atoms with Crippen molar-refractivity contribution >= 4 is 49.0 Å². The van der Waals surface area contributed by atoms with Gasteiger partial charge in [-0.2, -0.15) is 0 Å². The molecule has 0 atom stereocenters. The summed E-state index contributed by atoms with van der Waals surface area (Å²) in [6, 6.07) is 13.7. The van der Waals surface area contributed by atoms with E-state index in [1.165, 1.54) is 22.7 Å². The molecule has 1 aliphatic rings. The largest absolute Gasteiger partial charge is 0.497 e. The first-order valence-electron chi connectivity index (χ1n) is 9.46. The molecule has 1 aliphatic heterocycles. The van der Waals surface area contributed by atoms with Gasteiger partial charge in [-0.3, -0.25) is 4.79 Å². The van der Waals surface area contributed by atoms with Gasteiger partial charge in [0.05, 0.1) is 27.5 Å². The number of para-hydroxylation sites is 1. The second kappa shape index (κ2) is 7.61. The molecule has 0 bridgehead atoms. The molecule has 1 fully saturated rings. The fourth-order valence-corrected chi connectivity index (χ4v) is 5.28. The van der Waals surface area contributed by atoms with Crippen LogP contribution in [-0.4, -0.2) is 47.1 Å². The third-order valence-corrected chi connectivity index (χ3v) is 7.00. The van der Waals surface area contributed by atoms with E-state index in [0.717, 1.165) is 39.0 Å². The van der Waals surface area contributed by atoms with Gasteiger partial charge in [0.15, 0.2) is 5.01 Å². The zero-order valence-electron chi connectivity index (χ0n) is 15.8. The first kappa shape index (κ1) is 18.3. The molecule has 0 spiro atoms. The number of fused-ring (bicyclic) bond motifs is 2. The summed E-state index contributed by atoms with van der Waals surface area (Å²) in [5.41, 5.74) is 1.76. The standard InChI is InChI=1S/C21H19N3O3S2/c1-26-14-6-7-18-16(12-14)23-21(29-18)27-13-8-10-24(11-9-13)20(25)19-22-15-4-2-3-5-17(15)28-19/h2-7,12-13H,8-11H2,1H3. The lowest BCUT2D eigenvalue weighted by atomic mass is 10.1. The lowest BCUT2D eigenvalue weighted by Crippen LogP contribution is -2.41. The zero-order chi connectivity index (χ0) is 19.8. The summed E-state index contributed by atoms with van der Waals surface area (Å²) in [5.74, 6) is 0.799. The Morgan fingerprint density at radius 1 is 1.03 bits per heavy atom. The zero-order valence-corrected chi connectivity index (χ0v) is 17.5. The van der Waals surface area contributed by atoms with Crippen LogP contribution in [0.3, 0.4) is 0 Å². The van der Waals surface area contributed by atoms with E-state index in [4.69, 9.17) is 9.47 Å². The number of hydrogen-bond acceptors (Lipinski definition) is 7. The van der Waals surface area contributed by atoms with Gasteiger partial charge in [-0.25, -0.2) is 9.97 Å². The molecule has 148 valence electrons. The van der Waals surface area contributed by atoms with E-state index in [-0.39, 0.29) is 12.0 Å². The minimum atomic E-state index is 0.0109. The van der Waals surface area contributed by atoms with E-state index < -0.39 is 0 Å². The predicted octanol–water partition coefficient (Wildman–Crippen LogP) is 4.60. The maximum atomic E-state index is 12.8. The fraction of sp³-hybridized carbons (Fsp3) is 0.286. The highest BCUT2D eigenvalue weighted by Gasteiger charge is 2.27. The lowest BCUT2D eigenvalue weighted by Gasteiger charge is -2.31. The molecule has 3 heterocycles. The molecule has 6 nitrogen and oxygen atoms in total. The second-order valence-corrected chi connectivity index (χ2v) is 8.93. The fourth-order valence-electron chi connectivity index (χ4n) is 3.48. The van der Waals surface area contributed by atoms with Crippen LogP contribution in [0.4, 0.5) is 0 Å². The highest BCUT2D eigenvalue weighted by Crippen LogP contribution is 2.32. The van der Waals surface area contributed by atoms with Gasteiger partial charge < -0.3 is 14.4 Å². The van der Waals surface area contributed by atoms with Gasteiger partial charge in [-0.15, -0.1) is 11.3 Å². The Morgan fingerprint density at radius 2 is 1.83 bits per heavy atom. The van der Waals surface area contributed by atoms with E-state index in [9.17, 15) is 4.79 Å². The van der Waals surface area contributed by atoms with Crippen molar-refractivity contribution in [3.63, 3.8) is 0 Å². The van der Waals surface area contributed by atoms with Gasteiger partial charge in [0.1, 0.15) is 11.9 Å². The number of hydrogen-bond donors (Lipinski definition) is 0. The van der Waals surface area contributed by atoms with Crippen molar-refractivity contribution in [1.82, 2.24) is 14.9 Å². The summed E-state index contributed by atoms with van der Waals surface area (Å²) in [4.78, 5) is 23.8. The van der Waals surface area contributed by atoms with Crippen molar-refractivity contribution in [2.75, 3.05) is 20.2 Å². The Bertz CT molecular complexity index is 1150. The summed E-state index contributed by atoms with van der Waals surface area (Å²) in [5, 5.41) is 1.23. The number of carbonyl (C=O) groups excluding carboxylic acids is 1. The number of amides is 1. The number of ether oxygens (including phenoxy) is 2. The normalized spacial score (nSPS) is 15.1. The number of thiazole rings is 2. The topological polar surface area (TPSA) is 64.6 Å². The molecule has 1 amide bonds. The number of likely N-dealkylation sites (tertiary alicyclic amines) is 1. The smallest absolute Gasteiger partial charge is 0.282 e. The summed E-state index contributed by atoms with van der Waals surface area (Å²) >= 11 is 2.99. The molecule has 0 radical (unpaired) electrons. The molecule has 2 aromatic carbocycles. The molecule has 0 N–H and O–H groups in total. The molecule has 8 heteroatoms. The third kappa shape index (κ3) is 3.65. The van der Waals surface area contributed by atoms with Crippen molar-refractivity contribution in [1.29, 1.82) is 0 Å². The Morgan fingerprint density at radius 3 is 2.62 bits per heavy atom. The molecule has 1 saturated heterocycles. The van der Waals surface area contributed by atoms with Crippen molar-refractivity contribution in [3.05, 3.63) is 47.5 Å². The van der Waals surface area contributed by atoms with Crippen LogP contribution >= 0.6 is 22.7 Å². The number of nitrogens with zero attached hydrogens (tertiary/aromatic N) is 3. The Labute approximate surface area is 175 Å². The van der Waals surface area contributed by atoms with Crippen molar-refractivity contribution in [3.8, 4) is 10.9 Å². The number of carbonyl (C=O) groups is 1. The number of benzene rings is 2. The number of aromatic nitrogens is 2. The predicted molar refractivity (Wildman–Crippen MR) is 115 cm³/mol. The minimum Gasteiger partial charge on any atom is -0.497 e. The van der Waals surface area contributed by atoms with E-state index in [1.54, 1.807) is 7.11 Å². The molecule has 29 heavy (non-hydrogen) atoms. The molecular formula is C21H19N3O3S2. The van der Waals surface area contributed by atoms with Gasteiger partial charge in [0, 0.05) is 32.0 Å². The van der Waals surface area contributed by atoms with Gasteiger partial charge in [-0.1, -0.05) is 23.5 Å². The monoisotopic (exact) mass is 425 g/mol. The van der Waals surface area contributed by atoms with E-state index in [1.807, 2.05) is 47.4 Å². The molecule has 2 aromatic heterocycles. The number of rotatable bonds is 4. The Balaban J connectivity index is 1.22. The van der Waals surface area contributed by atoms with Crippen LogP contribution in [0.15, 0.2) is 42.5 Å². The van der Waals surface area contributed by atoms with Crippen LogP contribution in [0.25, 0.3) is 20.4 Å².